The zero-order valence-electron chi connectivity index (χ0n) is 33.3. The molecule has 58 heavy (non-hydrogen) atoms. The molecule has 0 aliphatic heterocycles. The van der Waals surface area contributed by atoms with E-state index in [1.165, 1.54) is 20.5 Å². The number of amides is 3. The van der Waals surface area contributed by atoms with Gasteiger partial charge in [-0.05, 0) is 72.8 Å². The highest BCUT2D eigenvalue weighted by Gasteiger charge is 2.22. The average molecular weight is 812 g/mol. The van der Waals surface area contributed by atoms with E-state index < -0.39 is 23.0 Å². The van der Waals surface area contributed by atoms with Crippen molar-refractivity contribution in [1.82, 2.24) is 15.6 Å². The molecule has 1 heterocycles. The van der Waals surface area contributed by atoms with Gasteiger partial charge in [0, 0.05) is 47.6 Å². The number of hydrogen-bond acceptors (Lipinski definition) is 10. The molecule has 0 saturated heterocycles. The lowest BCUT2D eigenvalue weighted by molar-refractivity contribution is -0.135. The van der Waals surface area contributed by atoms with Crippen molar-refractivity contribution in [3.05, 3.63) is 96.2 Å². The van der Waals surface area contributed by atoms with Crippen LogP contribution in [-0.2, 0) is 21.2 Å². The van der Waals surface area contributed by atoms with Crippen LogP contribution in [0.2, 0.25) is 0 Å². The van der Waals surface area contributed by atoms with Gasteiger partial charge in [-0.1, -0.05) is 45.0 Å². The average Bonchev–Trinajstić information content (AvgIpc) is 3.17. The Morgan fingerprint density at radius 2 is 1.53 bits per heavy atom. The van der Waals surface area contributed by atoms with Gasteiger partial charge in [-0.25, -0.2) is 14.0 Å². The largest absolute Gasteiger partial charge is 0.496 e. The molecule has 0 spiro atoms. The predicted molar refractivity (Wildman–Crippen MR) is 229 cm³/mol. The molecule has 0 aliphatic carbocycles. The van der Waals surface area contributed by atoms with E-state index in [1.807, 2.05) is 57.2 Å². The number of carboxylic acids is 1. The van der Waals surface area contributed by atoms with Crippen LogP contribution >= 0.6 is 0 Å². The van der Waals surface area contributed by atoms with E-state index in [2.05, 4.69) is 36.3 Å². The summed E-state index contributed by atoms with van der Waals surface area (Å²) in [5.74, 6) is 1.08. The Bertz CT molecular complexity index is 2300. The number of anilines is 5. The highest BCUT2D eigenvalue weighted by Crippen LogP contribution is 2.40. The van der Waals surface area contributed by atoms with Gasteiger partial charge in [0.2, 0.25) is 0 Å². The summed E-state index contributed by atoms with van der Waals surface area (Å²) in [7, 11) is 1.61. The molecule has 1 unspecified atom stereocenters. The number of carboxylic acid groups (broad SMARTS) is 1. The fourth-order valence-corrected chi connectivity index (χ4v) is 6.45. The highest BCUT2D eigenvalue weighted by atomic mass is 32.2. The van der Waals surface area contributed by atoms with Crippen molar-refractivity contribution in [2.45, 2.75) is 39.0 Å². The van der Waals surface area contributed by atoms with Gasteiger partial charge in [-0.15, -0.1) is 0 Å². The molecule has 15 nitrogen and oxygen atoms in total. The molecule has 0 bridgehead atoms. The van der Waals surface area contributed by atoms with Gasteiger partial charge in [0.05, 0.1) is 43.4 Å². The van der Waals surface area contributed by atoms with Crippen LogP contribution < -0.4 is 45.5 Å². The number of methoxy groups -OCH3 is 2. The molecular formula is C42H49N7O8S. The van der Waals surface area contributed by atoms with Crippen LogP contribution in [0, 0.1) is 0 Å². The number of nitrogens with zero attached hydrogens (tertiary/aromatic N) is 1. The van der Waals surface area contributed by atoms with Gasteiger partial charge in [0.1, 0.15) is 34.1 Å². The molecule has 5 rings (SSSR count). The molecule has 4 aromatic carbocycles. The minimum Gasteiger partial charge on any atom is -0.496 e. The van der Waals surface area contributed by atoms with E-state index in [1.54, 1.807) is 48.7 Å². The number of nitrogens with one attached hydrogen (secondary N) is 6. The second kappa shape index (κ2) is 19.7. The fourth-order valence-electron chi connectivity index (χ4n) is 5.99. The molecule has 0 fully saturated rings. The number of fused-ring (bicyclic) bond motifs is 1. The van der Waals surface area contributed by atoms with Crippen molar-refractivity contribution >= 4 is 68.2 Å². The quantitative estimate of drug-likeness (QED) is 0.0429. The molecule has 1 atom stereocenters. The standard InChI is InChI=1S/C42H49N7O8S/c1-42(2,3)26-21-33(39(56-5)34(22-26)49-58(6)54)48-41(53)47-32-15-16-35(30-12-8-7-11-29(30)32)57-28-17-20-44-37(24-28)46-27-13-14-31(36(23-27)55-4)40(52)45-19-10-9-18-43-25-38(50)51/h7-8,11-17,20-24,43,49H,9-10,18-19,25H2,1-6H3,(H,44,46)(H,45,52)(H,50,51)(H2,47,48,53). The minimum absolute atomic E-state index is 0.0962. The van der Waals surface area contributed by atoms with E-state index in [0.717, 1.165) is 22.8 Å². The van der Waals surface area contributed by atoms with E-state index in [4.69, 9.17) is 19.3 Å². The van der Waals surface area contributed by atoms with Crippen molar-refractivity contribution in [2.75, 3.05) is 60.8 Å². The van der Waals surface area contributed by atoms with Gasteiger partial charge >= 0.3 is 12.0 Å². The number of aliphatic carboxylic acids is 1. The van der Waals surface area contributed by atoms with Crippen LogP contribution in [0.4, 0.5) is 33.4 Å². The highest BCUT2D eigenvalue weighted by molar-refractivity contribution is 7.85. The molecule has 16 heteroatoms. The van der Waals surface area contributed by atoms with Gasteiger partial charge in [-0.3, -0.25) is 9.59 Å². The maximum atomic E-state index is 13.5. The van der Waals surface area contributed by atoms with Crippen molar-refractivity contribution in [2.24, 2.45) is 0 Å². The first-order chi connectivity index (χ1) is 27.7. The van der Waals surface area contributed by atoms with Crippen LogP contribution in [0.5, 0.6) is 23.0 Å². The van der Waals surface area contributed by atoms with Crippen molar-refractivity contribution in [3.63, 3.8) is 0 Å². The van der Waals surface area contributed by atoms with Crippen molar-refractivity contribution in [1.29, 1.82) is 0 Å². The molecule has 0 radical (unpaired) electrons. The summed E-state index contributed by atoms with van der Waals surface area (Å²) in [6, 6.07) is 22.9. The summed E-state index contributed by atoms with van der Waals surface area (Å²) in [6.07, 6.45) is 4.54. The predicted octanol–water partition coefficient (Wildman–Crippen LogP) is 7.62. The van der Waals surface area contributed by atoms with Crippen molar-refractivity contribution in [3.8, 4) is 23.0 Å². The van der Waals surface area contributed by atoms with Gasteiger partial charge in [0.15, 0.2) is 5.75 Å². The molecule has 5 aromatic rings. The molecule has 3 amide bonds. The number of hydrogen-bond donors (Lipinski definition) is 7. The summed E-state index contributed by atoms with van der Waals surface area (Å²) in [5, 5.41) is 25.0. The fraction of sp³-hybridized carbons (Fsp3) is 0.286. The van der Waals surface area contributed by atoms with Gasteiger partial charge < -0.3 is 50.6 Å². The second-order valence-electron chi connectivity index (χ2n) is 14.2. The maximum absolute atomic E-state index is 13.5. The van der Waals surface area contributed by atoms with E-state index in [0.29, 0.717) is 76.6 Å². The molecule has 1 aromatic heterocycles. The number of rotatable bonds is 18. The Balaban J connectivity index is 1.27. The Morgan fingerprint density at radius 3 is 2.24 bits per heavy atom. The summed E-state index contributed by atoms with van der Waals surface area (Å²) in [4.78, 5) is 41.4. The number of carbonyl (C=O) groups excluding carboxylic acids is 2. The lowest BCUT2D eigenvalue weighted by Gasteiger charge is -2.24. The zero-order valence-corrected chi connectivity index (χ0v) is 34.1. The topological polar surface area (TPSA) is 201 Å². The Hall–Kier alpha value is -6.39. The Kier molecular flexibility index (Phi) is 14.5. The van der Waals surface area contributed by atoms with Gasteiger partial charge in [0.25, 0.3) is 5.91 Å². The SMILES string of the molecule is COc1cc(Nc2cc(Oc3ccc(NC(=O)Nc4cc(C(C)(C)C)cc(NS(C)=O)c4OC)c4ccccc34)ccn2)ccc1C(=O)NCCCCNCC(=O)O. The first-order valence-electron chi connectivity index (χ1n) is 18.5. The van der Waals surface area contributed by atoms with E-state index >= 15 is 0 Å². The third kappa shape index (κ3) is 11.6. The molecule has 7 N–H and O–H groups in total. The van der Waals surface area contributed by atoms with Crippen LogP contribution in [0.15, 0.2) is 85.1 Å². The van der Waals surface area contributed by atoms with Crippen LogP contribution in [-0.4, -0.2) is 72.3 Å². The Labute approximate surface area is 339 Å². The second-order valence-corrected chi connectivity index (χ2v) is 15.3. The normalized spacial score (nSPS) is 11.6. The molecular weight excluding hydrogens is 763 g/mol. The van der Waals surface area contributed by atoms with Crippen LogP contribution in [0.25, 0.3) is 10.8 Å². The third-order valence-electron chi connectivity index (χ3n) is 8.81. The third-order valence-corrected chi connectivity index (χ3v) is 9.32. The Morgan fingerprint density at radius 1 is 0.810 bits per heavy atom. The lowest BCUT2D eigenvalue weighted by Crippen LogP contribution is -2.27. The monoisotopic (exact) mass is 811 g/mol. The summed E-state index contributed by atoms with van der Waals surface area (Å²) in [5.41, 5.74) is 3.11. The maximum Gasteiger partial charge on any atom is 0.323 e. The number of ether oxygens (including phenoxy) is 3. The summed E-state index contributed by atoms with van der Waals surface area (Å²) >= 11 is 0. The lowest BCUT2D eigenvalue weighted by atomic mass is 9.86. The van der Waals surface area contributed by atoms with Gasteiger partial charge in [-0.2, -0.15) is 0 Å². The minimum atomic E-state index is -1.37. The summed E-state index contributed by atoms with van der Waals surface area (Å²) in [6.45, 7) is 7.02. The van der Waals surface area contributed by atoms with Crippen molar-refractivity contribution < 1.29 is 37.9 Å². The number of urea groups is 1. The number of pyridine rings is 1. The number of carbonyl (C=O) groups is 3. The molecule has 306 valence electrons. The smallest absolute Gasteiger partial charge is 0.323 e. The van der Waals surface area contributed by atoms with Crippen LogP contribution in [0.1, 0.15) is 49.5 Å². The number of unbranched alkanes of at least 4 members (excludes halogenated alkanes) is 1. The van der Waals surface area contributed by atoms with E-state index in [9.17, 15) is 18.6 Å². The first kappa shape index (κ1) is 42.7. The van der Waals surface area contributed by atoms with E-state index in [-0.39, 0.29) is 17.9 Å². The number of aromatic nitrogens is 1. The molecule has 0 aliphatic rings. The molecule has 0 saturated carbocycles. The first-order valence-corrected chi connectivity index (χ1v) is 20.0. The number of benzene rings is 4. The zero-order chi connectivity index (χ0) is 41.8. The van der Waals surface area contributed by atoms with Crippen LogP contribution in [0.3, 0.4) is 0 Å². The summed E-state index contributed by atoms with van der Waals surface area (Å²) < 4.78 is 32.5.